The predicted octanol–water partition coefficient (Wildman–Crippen LogP) is 12.5. The van der Waals surface area contributed by atoms with E-state index in [-0.39, 0.29) is 37.5 Å². The number of pyridine rings is 2. The van der Waals surface area contributed by atoms with Crippen LogP contribution in [0.3, 0.4) is 0 Å². The average molecular weight is 1050 g/mol. The number of fused-ring (bicyclic) bond motifs is 13. The molecule has 0 saturated carbocycles. The van der Waals surface area contributed by atoms with Gasteiger partial charge in [0.2, 0.25) is 9.84 Å². The van der Waals surface area contributed by atoms with E-state index in [0.29, 0.717) is 60.6 Å². The third kappa shape index (κ3) is 6.03. The average Bonchev–Trinajstić information content (AvgIpc) is 4.37. The fraction of sp³-hybridized carbons (Fsp3) is 0.129. The van der Waals surface area contributed by atoms with Crippen molar-refractivity contribution in [3.63, 3.8) is 0 Å². The van der Waals surface area contributed by atoms with Crippen molar-refractivity contribution in [3.8, 4) is 11.4 Å². The molecule has 0 saturated heterocycles. The minimum absolute atomic E-state index is 0.00885. The van der Waals surface area contributed by atoms with Crippen LogP contribution in [0.5, 0.6) is 0 Å². The maximum atomic E-state index is 14.5. The Morgan fingerprint density at radius 3 is 1.71 bits per heavy atom. The summed E-state index contributed by atoms with van der Waals surface area (Å²) in [6, 6.07) is 42.4. The summed E-state index contributed by atoms with van der Waals surface area (Å²) in [6.45, 7) is 13.6. The van der Waals surface area contributed by atoms with Gasteiger partial charge in [-0.3, -0.25) is 18.4 Å². The second kappa shape index (κ2) is 16.8. The van der Waals surface area contributed by atoms with Crippen LogP contribution in [0.25, 0.3) is 131 Å². The van der Waals surface area contributed by atoms with Gasteiger partial charge in [-0.25, -0.2) is 36.6 Å². The van der Waals surface area contributed by atoms with Crippen LogP contribution in [0.4, 0.5) is 0 Å². The second-order valence-electron chi connectivity index (χ2n) is 18.5. The number of imidazole rings is 3. The Labute approximate surface area is 439 Å². The largest absolute Gasteiger partial charge is 0.347 e. The van der Waals surface area contributed by atoms with E-state index < -0.39 is 19.7 Å². The highest BCUT2D eigenvalue weighted by atomic mass is 32.2. The van der Waals surface area contributed by atoms with Crippen molar-refractivity contribution in [2.24, 2.45) is 0 Å². The first-order valence-electron chi connectivity index (χ1n) is 25.9. The number of H-pyrrole nitrogens is 1. The van der Waals surface area contributed by atoms with Gasteiger partial charge < -0.3 is 0 Å². The lowest BCUT2D eigenvalue weighted by Gasteiger charge is -2.19. The Morgan fingerprint density at radius 1 is 0.519 bits per heavy atom. The monoisotopic (exact) mass is 1050 g/mol. The number of hydrogen-bond donors (Lipinski definition) is 1. The number of aromatic nitrogens is 6. The maximum Gasteiger partial charge on any atom is 0.347 e. The molecule has 1 N–H and O–H groups in total. The number of sulfone groups is 2. The number of carbonyl (C=O) groups excluding carboxylic acids is 1. The summed E-state index contributed by atoms with van der Waals surface area (Å²) >= 11 is 0. The molecule has 378 valence electrons. The molecule has 0 bridgehead atoms. The molecule has 15 aromatic rings. The van der Waals surface area contributed by atoms with E-state index in [0.717, 1.165) is 76.1 Å². The van der Waals surface area contributed by atoms with Crippen LogP contribution in [0.1, 0.15) is 58.8 Å². The highest BCUT2D eigenvalue weighted by Gasteiger charge is 2.42. The first-order chi connectivity index (χ1) is 37.4. The molecule has 5 aromatic heterocycles. The minimum atomic E-state index is -4.07. The lowest BCUT2D eigenvalue weighted by Crippen LogP contribution is -2.46. The molecule has 13 nitrogen and oxygen atoms in total. The van der Waals surface area contributed by atoms with E-state index in [4.69, 9.17) is 4.98 Å². The van der Waals surface area contributed by atoms with Crippen molar-refractivity contribution >= 4 is 145 Å². The van der Waals surface area contributed by atoms with Crippen LogP contribution in [0.15, 0.2) is 164 Å². The number of benzene rings is 10. The summed E-state index contributed by atoms with van der Waals surface area (Å²) in [4.78, 5) is 55.1. The molecule has 0 amide bonds. The highest BCUT2D eigenvalue weighted by Crippen LogP contribution is 2.54. The first kappa shape index (κ1) is 47.8. The molecule has 15 heteroatoms. The molecular formula is C62H47N6O7S2+. The van der Waals surface area contributed by atoms with Gasteiger partial charge in [0.15, 0.2) is 20.9 Å². The van der Waals surface area contributed by atoms with Gasteiger partial charge in [-0.2, -0.15) is 4.57 Å². The van der Waals surface area contributed by atoms with Crippen LogP contribution in [-0.2, 0) is 19.7 Å². The molecule has 2 aliphatic heterocycles. The summed E-state index contributed by atoms with van der Waals surface area (Å²) in [7, 11) is -7.49. The van der Waals surface area contributed by atoms with Gasteiger partial charge >= 0.3 is 5.91 Å². The third-order valence-corrected chi connectivity index (χ3v) is 18.6. The highest BCUT2D eigenvalue weighted by molar-refractivity contribution is 7.92. The molecule has 0 aliphatic carbocycles. The van der Waals surface area contributed by atoms with Crippen molar-refractivity contribution in [1.29, 1.82) is 0 Å². The second-order valence-corrected chi connectivity index (χ2v) is 22.6. The van der Waals surface area contributed by atoms with Gasteiger partial charge in [-0.15, -0.1) is 0 Å². The van der Waals surface area contributed by atoms with Gasteiger partial charge in [0.25, 0.3) is 16.9 Å². The maximum absolute atomic E-state index is 14.5. The van der Waals surface area contributed by atoms with E-state index >= 15 is 0 Å². The van der Waals surface area contributed by atoms with Gasteiger partial charge in [0.1, 0.15) is 11.3 Å². The summed E-state index contributed by atoms with van der Waals surface area (Å²) in [5.74, 6) is 0.380. The van der Waals surface area contributed by atoms with Gasteiger partial charge in [-0.1, -0.05) is 115 Å². The van der Waals surface area contributed by atoms with Crippen LogP contribution >= 0.6 is 0 Å². The van der Waals surface area contributed by atoms with Gasteiger partial charge in [0.05, 0.1) is 64.4 Å². The van der Waals surface area contributed by atoms with Crippen molar-refractivity contribution in [2.75, 3.05) is 5.75 Å². The predicted molar refractivity (Wildman–Crippen MR) is 308 cm³/mol. The number of para-hydroxylation sites is 6. The Kier molecular flexibility index (Phi) is 10.4. The molecule has 17 rings (SSSR count). The normalized spacial score (nSPS) is 13.4. The van der Waals surface area contributed by atoms with E-state index in [1.54, 1.807) is 38.5 Å². The van der Waals surface area contributed by atoms with Crippen molar-refractivity contribution in [1.82, 2.24) is 23.8 Å². The Bertz CT molecular complexity index is 5450. The lowest BCUT2D eigenvalue weighted by atomic mass is 9.84. The zero-order valence-corrected chi connectivity index (χ0v) is 44.5. The molecule has 0 atom stereocenters. The minimum Gasteiger partial charge on any atom is -0.268 e. The molecular weight excluding hydrogens is 1000 g/mol. The molecule has 0 spiro atoms. The van der Waals surface area contributed by atoms with Crippen LogP contribution < -0.4 is 15.7 Å². The fourth-order valence-electron chi connectivity index (χ4n) is 12.1. The molecule has 0 radical (unpaired) electrons. The van der Waals surface area contributed by atoms with Crippen molar-refractivity contribution in [2.45, 2.75) is 63.2 Å². The quantitative estimate of drug-likeness (QED) is 0.100. The molecule has 0 fully saturated rings. The number of carbonyl (C=O) groups is 1. The molecule has 10 aromatic carbocycles. The molecule has 0 unspecified atom stereocenters. The fourth-order valence-corrected chi connectivity index (χ4v) is 14.7. The SMILES string of the molecule is CC.CC.CC.CCS(=O)(=O)c1cc2cccc3c2c(c1)c(=O)n1c2ccccc2nc31.O=C1c2cc3c4c5c(cc6c(=O)n7c8ccccc8nc7c7ccc(c8ccc(c2c84)-c2[nH]c4ccccc4[n+]21)c5c67)S3(=O)=O. The number of nitrogens with one attached hydrogen (secondary N) is 1. The van der Waals surface area contributed by atoms with Crippen LogP contribution in [-0.4, -0.2) is 52.2 Å². The van der Waals surface area contributed by atoms with Crippen LogP contribution in [0, 0.1) is 0 Å². The molecule has 7 heterocycles. The van der Waals surface area contributed by atoms with E-state index in [1.807, 2.05) is 157 Å². The smallest absolute Gasteiger partial charge is 0.268 e. The van der Waals surface area contributed by atoms with Crippen molar-refractivity contribution in [3.05, 3.63) is 166 Å². The van der Waals surface area contributed by atoms with Gasteiger partial charge in [0, 0.05) is 48.5 Å². The zero-order valence-electron chi connectivity index (χ0n) is 42.9. The first-order valence-corrected chi connectivity index (χ1v) is 29.0. The summed E-state index contributed by atoms with van der Waals surface area (Å²) in [5.41, 5.74) is 6.16. The van der Waals surface area contributed by atoms with E-state index in [2.05, 4.69) is 9.97 Å². The topological polar surface area (TPSA) is 174 Å². The number of nitrogens with zero attached hydrogens (tertiary/aromatic N) is 5. The number of hydrogen-bond acceptors (Lipinski definition) is 9. The summed E-state index contributed by atoms with van der Waals surface area (Å²) in [5, 5.41) is 9.71. The van der Waals surface area contributed by atoms with Gasteiger partial charge in [-0.05, 0) is 89.0 Å². The number of aromatic amines is 1. The van der Waals surface area contributed by atoms with Crippen molar-refractivity contribution < 1.29 is 26.2 Å². The zero-order chi connectivity index (χ0) is 53.7. The van der Waals surface area contributed by atoms with E-state index in [1.165, 1.54) is 6.07 Å². The number of rotatable bonds is 2. The summed E-state index contributed by atoms with van der Waals surface area (Å²) < 4.78 is 58.6. The van der Waals surface area contributed by atoms with E-state index in [9.17, 15) is 31.2 Å². The lowest BCUT2D eigenvalue weighted by molar-refractivity contribution is -0.530. The third-order valence-electron chi connectivity index (χ3n) is 15.1. The molecule has 2 aliphatic rings. The Hall–Kier alpha value is -8.92. The summed E-state index contributed by atoms with van der Waals surface area (Å²) in [6.07, 6.45) is 0. The Balaban J connectivity index is 0.000000151. The standard InChI is InChI=1S/C36H14N4O4S.C20H14N2O3S.3C2H6/c41-35-19-13-25-31-29-15(9-11-17(27(19)29)33-37-21-5-1-3-7-23(21)39(33)35)16-10-12-18-28-20(14-26(45(25,43)44)32(31)30(16)28)36(42)40-24-8-4-2-6-22(24)38-34(18)40;1-2-26(24,25)13-10-12-6-5-7-14-18(12)15(11-13)20(23)22-17-9-4-3-8-16(17)21-19(14)22;3*1-2/h1-14H;3-11H,2H2,1H3;3*1-2H3/p+1. The van der Waals surface area contributed by atoms with Crippen LogP contribution in [0.2, 0.25) is 0 Å². The molecule has 77 heavy (non-hydrogen) atoms. The Morgan fingerprint density at radius 2 is 1.06 bits per heavy atom.